The summed E-state index contributed by atoms with van der Waals surface area (Å²) >= 11 is 5.83. The molecule has 0 aliphatic heterocycles. The van der Waals surface area contributed by atoms with Crippen molar-refractivity contribution in [2.24, 2.45) is 17.8 Å². The van der Waals surface area contributed by atoms with Crippen LogP contribution in [0.5, 0.6) is 0 Å². The lowest BCUT2D eigenvalue weighted by Gasteiger charge is -2.29. The molecule has 0 saturated heterocycles. The third kappa shape index (κ3) is 2.54. The molecule has 0 amide bonds. The number of aliphatic carboxylic acids is 1. The Balaban J connectivity index is 1.69. The lowest BCUT2D eigenvalue weighted by Crippen LogP contribution is -2.43. The smallest absolute Gasteiger partial charge is 0.308 e. The zero-order chi connectivity index (χ0) is 14.3. The van der Waals surface area contributed by atoms with Gasteiger partial charge in [0.15, 0.2) is 0 Å². The van der Waals surface area contributed by atoms with Gasteiger partial charge in [-0.25, -0.2) is 4.39 Å². The van der Waals surface area contributed by atoms with Crippen molar-refractivity contribution in [3.63, 3.8) is 0 Å². The fraction of sp³-hybridized carbons (Fsp3) is 0.533. The number of nitrogens with one attached hydrogen (secondary N) is 1. The molecule has 2 aliphatic carbocycles. The second kappa shape index (κ2) is 5.34. The van der Waals surface area contributed by atoms with E-state index < -0.39 is 5.97 Å². The van der Waals surface area contributed by atoms with Crippen LogP contribution in [-0.2, 0) is 11.3 Å². The molecule has 2 aliphatic rings. The summed E-state index contributed by atoms with van der Waals surface area (Å²) in [6, 6.07) is 4.40. The molecule has 5 heteroatoms. The van der Waals surface area contributed by atoms with Crippen LogP contribution in [0.3, 0.4) is 0 Å². The fourth-order valence-corrected chi connectivity index (χ4v) is 4.13. The van der Waals surface area contributed by atoms with Gasteiger partial charge in [-0.05, 0) is 54.9 Å². The first-order valence-corrected chi connectivity index (χ1v) is 7.33. The van der Waals surface area contributed by atoms with Crippen LogP contribution >= 0.6 is 11.6 Å². The molecule has 2 N–H and O–H groups in total. The van der Waals surface area contributed by atoms with Gasteiger partial charge in [-0.2, -0.15) is 0 Å². The summed E-state index contributed by atoms with van der Waals surface area (Å²) in [6.07, 6.45) is 3.11. The lowest BCUT2D eigenvalue weighted by atomic mass is 9.84. The molecule has 1 aromatic carbocycles. The molecule has 2 saturated carbocycles. The molecule has 20 heavy (non-hydrogen) atoms. The Bertz CT molecular complexity index is 516. The summed E-state index contributed by atoms with van der Waals surface area (Å²) in [5, 5.41) is 13.0. The van der Waals surface area contributed by atoms with E-state index in [1.165, 1.54) is 12.1 Å². The molecular formula is C15H17ClFNO2. The normalized spacial score (nSPS) is 31.7. The minimum atomic E-state index is -0.716. The molecule has 4 unspecified atom stereocenters. The number of carboxylic acid groups (broad SMARTS) is 1. The van der Waals surface area contributed by atoms with Gasteiger partial charge < -0.3 is 10.4 Å². The zero-order valence-electron chi connectivity index (χ0n) is 11.0. The van der Waals surface area contributed by atoms with Crippen LogP contribution in [0.4, 0.5) is 4.39 Å². The Morgan fingerprint density at radius 3 is 2.80 bits per heavy atom. The Morgan fingerprint density at radius 1 is 1.35 bits per heavy atom. The first-order chi connectivity index (χ1) is 9.54. The van der Waals surface area contributed by atoms with Crippen LogP contribution in [-0.4, -0.2) is 17.1 Å². The Kier molecular flexibility index (Phi) is 3.69. The average molecular weight is 298 g/mol. The molecular weight excluding hydrogens is 281 g/mol. The summed E-state index contributed by atoms with van der Waals surface area (Å²) in [5.74, 6) is -0.655. The summed E-state index contributed by atoms with van der Waals surface area (Å²) in [5.41, 5.74) is 0.752. The van der Waals surface area contributed by atoms with E-state index in [-0.39, 0.29) is 17.8 Å². The lowest BCUT2D eigenvalue weighted by molar-refractivity contribution is -0.144. The summed E-state index contributed by atoms with van der Waals surface area (Å²) < 4.78 is 13.3. The Morgan fingerprint density at radius 2 is 2.10 bits per heavy atom. The van der Waals surface area contributed by atoms with Crippen molar-refractivity contribution in [3.8, 4) is 0 Å². The van der Waals surface area contributed by atoms with E-state index in [4.69, 9.17) is 11.6 Å². The predicted molar refractivity (Wildman–Crippen MR) is 74.0 cm³/mol. The standard InChI is InChI=1S/C15H17ClFNO2/c16-11-3-8(4-12(17)6-11)7-18-14-10-2-1-9(5-10)13(14)15(19)20/h3-4,6,9-10,13-14,18H,1-2,5,7H2,(H,19,20). The SMILES string of the molecule is O=C(O)C1C2CCC(C2)C1NCc1cc(F)cc(Cl)c1. The minimum Gasteiger partial charge on any atom is -0.481 e. The molecule has 3 rings (SSSR count). The van der Waals surface area contributed by atoms with Crippen molar-refractivity contribution in [1.82, 2.24) is 5.32 Å². The highest BCUT2D eigenvalue weighted by atomic mass is 35.5. The van der Waals surface area contributed by atoms with Gasteiger partial charge in [0, 0.05) is 17.6 Å². The Hall–Kier alpha value is -1.13. The number of hydrogen-bond donors (Lipinski definition) is 2. The molecule has 3 nitrogen and oxygen atoms in total. The van der Waals surface area contributed by atoms with Crippen molar-refractivity contribution in [2.45, 2.75) is 31.8 Å². The quantitative estimate of drug-likeness (QED) is 0.898. The molecule has 2 fully saturated rings. The second-order valence-electron chi connectivity index (χ2n) is 5.88. The van der Waals surface area contributed by atoms with Crippen LogP contribution in [0.25, 0.3) is 0 Å². The zero-order valence-corrected chi connectivity index (χ0v) is 11.7. The Labute approximate surface area is 122 Å². The number of fused-ring (bicyclic) bond motifs is 2. The molecule has 1 aromatic rings. The van der Waals surface area contributed by atoms with E-state index in [9.17, 15) is 14.3 Å². The maximum atomic E-state index is 13.3. The number of rotatable bonds is 4. The minimum absolute atomic E-state index is 0.00621. The molecule has 0 spiro atoms. The van der Waals surface area contributed by atoms with Crippen LogP contribution in [0, 0.1) is 23.6 Å². The van der Waals surface area contributed by atoms with E-state index >= 15 is 0 Å². The molecule has 2 bridgehead atoms. The third-order valence-electron chi connectivity index (χ3n) is 4.67. The van der Waals surface area contributed by atoms with Gasteiger partial charge in [0.1, 0.15) is 5.82 Å². The molecule has 0 aromatic heterocycles. The topological polar surface area (TPSA) is 49.3 Å². The number of halogens is 2. The summed E-state index contributed by atoms with van der Waals surface area (Å²) in [6.45, 7) is 0.454. The van der Waals surface area contributed by atoms with Gasteiger partial charge in [-0.1, -0.05) is 11.6 Å². The number of hydrogen-bond acceptors (Lipinski definition) is 2. The number of benzene rings is 1. The average Bonchev–Trinajstić information content (AvgIpc) is 2.95. The van der Waals surface area contributed by atoms with Crippen molar-refractivity contribution in [2.75, 3.05) is 0 Å². The van der Waals surface area contributed by atoms with Crippen LogP contribution < -0.4 is 5.32 Å². The van der Waals surface area contributed by atoms with Gasteiger partial charge >= 0.3 is 5.97 Å². The molecule has 0 heterocycles. The predicted octanol–water partition coefficient (Wildman–Crippen LogP) is 3.07. The maximum Gasteiger partial charge on any atom is 0.308 e. The van der Waals surface area contributed by atoms with E-state index in [0.29, 0.717) is 23.4 Å². The van der Waals surface area contributed by atoms with Gasteiger partial charge in [0.05, 0.1) is 5.92 Å². The maximum absolute atomic E-state index is 13.3. The fourth-order valence-electron chi connectivity index (χ4n) is 3.89. The van der Waals surface area contributed by atoms with E-state index in [1.54, 1.807) is 6.07 Å². The van der Waals surface area contributed by atoms with Gasteiger partial charge in [-0.15, -0.1) is 0 Å². The second-order valence-corrected chi connectivity index (χ2v) is 6.32. The van der Waals surface area contributed by atoms with Crippen molar-refractivity contribution in [1.29, 1.82) is 0 Å². The monoisotopic (exact) mass is 297 g/mol. The van der Waals surface area contributed by atoms with Crippen LogP contribution in [0.1, 0.15) is 24.8 Å². The number of carbonyl (C=O) groups is 1. The third-order valence-corrected chi connectivity index (χ3v) is 4.88. The summed E-state index contributed by atoms with van der Waals surface area (Å²) in [4.78, 5) is 11.4. The van der Waals surface area contributed by atoms with Crippen molar-refractivity contribution < 1.29 is 14.3 Å². The van der Waals surface area contributed by atoms with Crippen molar-refractivity contribution in [3.05, 3.63) is 34.6 Å². The molecule has 108 valence electrons. The van der Waals surface area contributed by atoms with Crippen LogP contribution in [0.15, 0.2) is 18.2 Å². The molecule has 0 radical (unpaired) electrons. The first-order valence-electron chi connectivity index (χ1n) is 6.96. The highest BCUT2D eigenvalue weighted by Gasteiger charge is 2.50. The first kappa shape index (κ1) is 13.8. The number of carboxylic acids is 1. The highest BCUT2D eigenvalue weighted by molar-refractivity contribution is 6.30. The van der Waals surface area contributed by atoms with E-state index in [1.807, 2.05) is 0 Å². The van der Waals surface area contributed by atoms with Crippen molar-refractivity contribution >= 4 is 17.6 Å². The van der Waals surface area contributed by atoms with Crippen LogP contribution in [0.2, 0.25) is 5.02 Å². The van der Waals surface area contributed by atoms with Gasteiger partial charge in [0.2, 0.25) is 0 Å². The summed E-state index contributed by atoms with van der Waals surface area (Å²) in [7, 11) is 0. The van der Waals surface area contributed by atoms with Gasteiger partial charge in [0.25, 0.3) is 0 Å². The highest BCUT2D eigenvalue weighted by Crippen LogP contribution is 2.48. The molecule has 4 atom stereocenters. The largest absolute Gasteiger partial charge is 0.481 e. The van der Waals surface area contributed by atoms with E-state index in [2.05, 4.69) is 5.32 Å². The van der Waals surface area contributed by atoms with Gasteiger partial charge in [-0.3, -0.25) is 4.79 Å². The van der Waals surface area contributed by atoms with E-state index in [0.717, 1.165) is 24.8 Å².